The van der Waals surface area contributed by atoms with E-state index in [1.165, 1.54) is 0 Å². The number of piperidine rings is 1. The largest absolute Gasteiger partial charge is 0.444 e. The Hall–Kier alpha value is -3.00. The van der Waals surface area contributed by atoms with E-state index in [0.717, 1.165) is 62.1 Å². The van der Waals surface area contributed by atoms with Crippen LogP contribution in [0.25, 0.3) is 10.9 Å². The zero-order valence-corrected chi connectivity index (χ0v) is 16.7. The second-order valence-electron chi connectivity index (χ2n) is 7.64. The van der Waals surface area contributed by atoms with Gasteiger partial charge in [-0.2, -0.15) is 0 Å². The van der Waals surface area contributed by atoms with Gasteiger partial charge in [-0.05, 0) is 63.9 Å². The molecule has 0 bridgehead atoms. The summed E-state index contributed by atoms with van der Waals surface area (Å²) >= 11 is 0. The zero-order valence-electron chi connectivity index (χ0n) is 16.7. The average Bonchev–Trinajstić information content (AvgIpc) is 3.03. The number of non-ortho nitro benzene ring substituents is 1. The number of oxazole rings is 1. The number of rotatable bonds is 6. The normalized spacial score (nSPS) is 15.7. The highest BCUT2D eigenvalue weighted by molar-refractivity contribution is 5.96. The lowest BCUT2D eigenvalue weighted by Gasteiger charge is -2.31. The SMILES string of the molecule is Cc1nc(CN2CCC(CNc3ccc([N+](=O)[O-])c4cccnc34)CC2)oc1C. The van der Waals surface area contributed by atoms with E-state index in [9.17, 15) is 10.1 Å². The number of aromatic nitrogens is 2. The predicted octanol–water partition coefficient (Wildman–Crippen LogP) is 4.07. The molecular formula is C21H25N5O3. The van der Waals surface area contributed by atoms with Crippen molar-refractivity contribution in [1.29, 1.82) is 0 Å². The van der Waals surface area contributed by atoms with Crippen LogP contribution in [-0.2, 0) is 6.54 Å². The van der Waals surface area contributed by atoms with Gasteiger partial charge in [-0.25, -0.2) is 4.98 Å². The number of aryl methyl sites for hydroxylation is 2. The van der Waals surface area contributed by atoms with Crippen molar-refractivity contribution in [3.8, 4) is 0 Å². The van der Waals surface area contributed by atoms with Crippen molar-refractivity contribution in [3.05, 3.63) is 57.9 Å². The monoisotopic (exact) mass is 395 g/mol. The van der Waals surface area contributed by atoms with E-state index in [-0.39, 0.29) is 10.6 Å². The van der Waals surface area contributed by atoms with Gasteiger partial charge < -0.3 is 9.73 Å². The summed E-state index contributed by atoms with van der Waals surface area (Å²) in [5, 5.41) is 15.3. The highest BCUT2D eigenvalue weighted by Crippen LogP contribution is 2.30. The molecule has 3 heterocycles. The molecule has 152 valence electrons. The topological polar surface area (TPSA) is 97.3 Å². The second-order valence-corrected chi connectivity index (χ2v) is 7.64. The Morgan fingerprint density at radius 1 is 1.28 bits per heavy atom. The molecule has 4 rings (SSSR count). The molecule has 0 radical (unpaired) electrons. The van der Waals surface area contributed by atoms with Crippen molar-refractivity contribution in [2.45, 2.75) is 33.2 Å². The van der Waals surface area contributed by atoms with E-state index in [1.807, 2.05) is 13.8 Å². The summed E-state index contributed by atoms with van der Waals surface area (Å²) in [5.41, 5.74) is 2.54. The smallest absolute Gasteiger partial charge is 0.278 e. The molecule has 0 aliphatic carbocycles. The minimum atomic E-state index is -0.361. The van der Waals surface area contributed by atoms with Crippen molar-refractivity contribution in [2.75, 3.05) is 25.0 Å². The first-order chi connectivity index (χ1) is 14.0. The van der Waals surface area contributed by atoms with Crippen LogP contribution in [0.15, 0.2) is 34.9 Å². The zero-order chi connectivity index (χ0) is 20.4. The van der Waals surface area contributed by atoms with Crippen molar-refractivity contribution in [3.63, 3.8) is 0 Å². The first-order valence-electron chi connectivity index (χ1n) is 9.92. The van der Waals surface area contributed by atoms with Gasteiger partial charge in [-0.1, -0.05) is 0 Å². The molecule has 1 saturated heterocycles. The molecule has 0 spiro atoms. The number of pyridine rings is 1. The lowest BCUT2D eigenvalue weighted by atomic mass is 9.96. The fourth-order valence-electron chi connectivity index (χ4n) is 3.86. The number of likely N-dealkylation sites (tertiary alicyclic amines) is 1. The minimum Gasteiger partial charge on any atom is -0.444 e. The van der Waals surface area contributed by atoms with Crippen LogP contribution in [0, 0.1) is 29.9 Å². The summed E-state index contributed by atoms with van der Waals surface area (Å²) in [6, 6.07) is 6.78. The quantitative estimate of drug-likeness (QED) is 0.496. The van der Waals surface area contributed by atoms with Gasteiger partial charge >= 0.3 is 0 Å². The van der Waals surface area contributed by atoms with E-state index in [0.29, 0.717) is 16.8 Å². The average molecular weight is 395 g/mol. The summed E-state index contributed by atoms with van der Waals surface area (Å²) in [6.45, 7) is 7.51. The maximum absolute atomic E-state index is 11.3. The fourth-order valence-corrected chi connectivity index (χ4v) is 3.86. The Labute approximate surface area is 169 Å². The molecule has 0 atom stereocenters. The highest BCUT2D eigenvalue weighted by atomic mass is 16.6. The summed E-state index contributed by atoms with van der Waals surface area (Å²) in [7, 11) is 0. The Bertz CT molecular complexity index is 1000. The molecule has 1 fully saturated rings. The summed E-state index contributed by atoms with van der Waals surface area (Å²) < 4.78 is 5.70. The minimum absolute atomic E-state index is 0.0870. The third-order valence-electron chi connectivity index (χ3n) is 5.66. The van der Waals surface area contributed by atoms with E-state index >= 15 is 0 Å². The van der Waals surface area contributed by atoms with Gasteiger partial charge in [0.1, 0.15) is 11.3 Å². The van der Waals surface area contributed by atoms with E-state index in [1.54, 1.807) is 30.5 Å². The van der Waals surface area contributed by atoms with Gasteiger partial charge in [0.25, 0.3) is 5.69 Å². The van der Waals surface area contributed by atoms with Crippen LogP contribution >= 0.6 is 0 Å². The number of hydrogen-bond donors (Lipinski definition) is 1. The molecular weight excluding hydrogens is 370 g/mol. The van der Waals surface area contributed by atoms with Gasteiger partial charge in [0, 0.05) is 18.8 Å². The van der Waals surface area contributed by atoms with Gasteiger partial charge in [0.15, 0.2) is 0 Å². The van der Waals surface area contributed by atoms with Crippen LogP contribution in [0.3, 0.4) is 0 Å². The molecule has 1 aromatic carbocycles. The standard InChI is InChI=1S/C21H25N5O3/c1-14-15(2)29-20(24-14)13-25-10-7-16(8-11-25)12-23-18-5-6-19(26(27)28)17-4-3-9-22-21(17)18/h3-6,9,16,23H,7-8,10-13H2,1-2H3. The van der Waals surface area contributed by atoms with Crippen LogP contribution in [0.2, 0.25) is 0 Å². The molecule has 8 nitrogen and oxygen atoms in total. The number of nitrogens with zero attached hydrogens (tertiary/aromatic N) is 4. The van der Waals surface area contributed by atoms with Crippen molar-refractivity contribution < 1.29 is 9.34 Å². The number of nitrogens with one attached hydrogen (secondary N) is 1. The lowest BCUT2D eigenvalue weighted by molar-refractivity contribution is -0.383. The Balaban J connectivity index is 1.35. The molecule has 1 aliphatic rings. The Morgan fingerprint density at radius 2 is 2.07 bits per heavy atom. The predicted molar refractivity (Wildman–Crippen MR) is 111 cm³/mol. The van der Waals surface area contributed by atoms with Gasteiger partial charge in [-0.3, -0.25) is 20.0 Å². The summed E-state index contributed by atoms with van der Waals surface area (Å²) in [6.07, 6.45) is 3.84. The van der Waals surface area contributed by atoms with Crippen molar-refractivity contribution in [2.24, 2.45) is 5.92 Å². The van der Waals surface area contributed by atoms with Crippen LogP contribution in [-0.4, -0.2) is 39.4 Å². The molecule has 29 heavy (non-hydrogen) atoms. The first kappa shape index (κ1) is 19.3. The Kier molecular flexibility index (Phi) is 5.44. The molecule has 1 aliphatic heterocycles. The maximum Gasteiger partial charge on any atom is 0.278 e. The number of hydrogen-bond acceptors (Lipinski definition) is 7. The van der Waals surface area contributed by atoms with Crippen LogP contribution < -0.4 is 5.32 Å². The molecule has 0 unspecified atom stereocenters. The van der Waals surface area contributed by atoms with E-state index < -0.39 is 0 Å². The van der Waals surface area contributed by atoms with Crippen molar-refractivity contribution >= 4 is 22.3 Å². The number of anilines is 1. The number of nitro benzene ring substituents is 1. The van der Waals surface area contributed by atoms with E-state index in [4.69, 9.17) is 4.42 Å². The molecule has 0 saturated carbocycles. The van der Waals surface area contributed by atoms with Crippen LogP contribution in [0.4, 0.5) is 11.4 Å². The highest BCUT2D eigenvalue weighted by Gasteiger charge is 2.22. The lowest BCUT2D eigenvalue weighted by Crippen LogP contribution is -2.35. The van der Waals surface area contributed by atoms with Crippen LogP contribution in [0.1, 0.15) is 30.2 Å². The first-order valence-corrected chi connectivity index (χ1v) is 9.92. The third kappa shape index (κ3) is 4.22. The van der Waals surface area contributed by atoms with Crippen molar-refractivity contribution in [1.82, 2.24) is 14.9 Å². The number of benzene rings is 1. The summed E-state index contributed by atoms with van der Waals surface area (Å²) in [4.78, 5) is 22.1. The van der Waals surface area contributed by atoms with Crippen LogP contribution in [0.5, 0.6) is 0 Å². The molecule has 3 aromatic rings. The fraction of sp³-hybridized carbons (Fsp3) is 0.429. The second kappa shape index (κ2) is 8.16. The third-order valence-corrected chi connectivity index (χ3v) is 5.66. The van der Waals surface area contributed by atoms with Gasteiger partial charge in [0.2, 0.25) is 5.89 Å². The Morgan fingerprint density at radius 3 is 2.76 bits per heavy atom. The number of fused-ring (bicyclic) bond motifs is 1. The molecule has 1 N–H and O–H groups in total. The van der Waals surface area contributed by atoms with E-state index in [2.05, 4.69) is 20.2 Å². The maximum atomic E-state index is 11.3. The molecule has 0 amide bonds. The molecule has 8 heteroatoms. The molecule has 2 aromatic heterocycles. The van der Waals surface area contributed by atoms with Gasteiger partial charge in [0.05, 0.1) is 28.2 Å². The number of nitro groups is 1. The van der Waals surface area contributed by atoms with Gasteiger partial charge in [-0.15, -0.1) is 0 Å². The summed E-state index contributed by atoms with van der Waals surface area (Å²) in [5.74, 6) is 2.23.